The van der Waals surface area contributed by atoms with Gasteiger partial charge in [0.15, 0.2) is 23.1 Å². The number of esters is 4. The fourth-order valence-electron chi connectivity index (χ4n) is 3.14. The Labute approximate surface area is 250 Å². The zero-order chi connectivity index (χ0) is 32.2. The molecule has 0 aliphatic heterocycles. The molecule has 0 heterocycles. The predicted molar refractivity (Wildman–Crippen MR) is 155 cm³/mol. The van der Waals surface area contributed by atoms with Gasteiger partial charge < -0.3 is 18.9 Å². The van der Waals surface area contributed by atoms with Crippen molar-refractivity contribution in [2.24, 2.45) is 0 Å². The number of hydrogen-bond donors (Lipinski definition) is 0. The lowest BCUT2D eigenvalue weighted by atomic mass is 10.1. The predicted octanol–water partition coefficient (Wildman–Crippen LogP) is 5.13. The monoisotopic (exact) mass is 594 g/mol. The van der Waals surface area contributed by atoms with Crippen molar-refractivity contribution in [3.8, 4) is 46.7 Å². The lowest BCUT2D eigenvalue weighted by molar-refractivity contribution is -0.130. The molecule has 0 spiro atoms. The number of carbonyl (C=O) groups is 4. The molecule has 0 unspecified atom stereocenters. The van der Waals surface area contributed by atoms with Crippen LogP contribution >= 0.6 is 0 Å². The van der Waals surface area contributed by atoms with Gasteiger partial charge in [0.1, 0.15) is 22.6 Å². The van der Waals surface area contributed by atoms with Crippen LogP contribution in [0.1, 0.15) is 22.3 Å². The number of rotatable bonds is 8. The highest BCUT2D eigenvalue weighted by atomic mass is 19.1. The first-order chi connectivity index (χ1) is 21.1. The molecule has 3 aromatic rings. The maximum absolute atomic E-state index is 15.8. The molecule has 0 radical (unpaired) electrons. The molecule has 218 valence electrons. The number of hydrogen-bond acceptors (Lipinski definition) is 8. The zero-order valence-electron chi connectivity index (χ0n) is 22.8. The van der Waals surface area contributed by atoms with Gasteiger partial charge in [-0.05, 0) is 48.5 Å². The lowest BCUT2D eigenvalue weighted by Crippen LogP contribution is -2.13. The van der Waals surface area contributed by atoms with Gasteiger partial charge in [0.05, 0.1) is 0 Å². The van der Waals surface area contributed by atoms with Crippen molar-refractivity contribution in [3.63, 3.8) is 0 Å². The van der Waals surface area contributed by atoms with Crippen molar-refractivity contribution in [1.29, 1.82) is 0 Å². The van der Waals surface area contributed by atoms with E-state index in [0.717, 1.165) is 24.3 Å². The molecule has 0 aromatic heterocycles. The van der Waals surface area contributed by atoms with Crippen LogP contribution in [0.5, 0.6) is 23.0 Å². The first-order valence-electron chi connectivity index (χ1n) is 12.3. The summed E-state index contributed by atoms with van der Waals surface area (Å²) >= 11 is 0. The third-order valence-corrected chi connectivity index (χ3v) is 5.17. The number of ether oxygens (including phenoxy) is 4. The van der Waals surface area contributed by atoms with Crippen molar-refractivity contribution < 1.29 is 46.9 Å². The van der Waals surface area contributed by atoms with E-state index in [1.165, 1.54) is 48.5 Å². The van der Waals surface area contributed by atoms with Crippen LogP contribution in [0.25, 0.3) is 0 Å². The van der Waals surface area contributed by atoms with E-state index in [9.17, 15) is 19.2 Å². The maximum Gasteiger partial charge on any atom is 0.335 e. The molecule has 3 aromatic carbocycles. The van der Waals surface area contributed by atoms with Crippen LogP contribution in [0, 0.1) is 35.3 Å². The molecular formula is C34H20F2O8. The summed E-state index contributed by atoms with van der Waals surface area (Å²) in [5, 5.41) is 0. The Morgan fingerprint density at radius 3 is 1.16 bits per heavy atom. The van der Waals surface area contributed by atoms with Gasteiger partial charge in [-0.25, -0.2) is 28.0 Å². The highest BCUT2D eigenvalue weighted by Crippen LogP contribution is 2.37. The molecule has 8 nitrogen and oxygen atoms in total. The highest BCUT2D eigenvalue weighted by molar-refractivity contribution is 5.87. The molecule has 0 saturated carbocycles. The van der Waals surface area contributed by atoms with Crippen LogP contribution in [0.4, 0.5) is 8.78 Å². The molecule has 10 heteroatoms. The second-order valence-corrected chi connectivity index (χ2v) is 8.09. The van der Waals surface area contributed by atoms with E-state index in [4.69, 9.17) is 18.9 Å². The summed E-state index contributed by atoms with van der Waals surface area (Å²) in [7, 11) is 0. The van der Waals surface area contributed by atoms with E-state index in [-0.39, 0.29) is 22.6 Å². The smallest absolute Gasteiger partial charge is 0.335 e. The Morgan fingerprint density at radius 1 is 0.500 bits per heavy atom. The third kappa shape index (κ3) is 8.26. The molecule has 0 aliphatic carbocycles. The summed E-state index contributed by atoms with van der Waals surface area (Å²) in [5.41, 5.74) is -1.02. The second-order valence-electron chi connectivity index (χ2n) is 8.09. The van der Waals surface area contributed by atoms with Crippen LogP contribution in [0.2, 0.25) is 0 Å². The van der Waals surface area contributed by atoms with Crippen molar-refractivity contribution in [1.82, 2.24) is 0 Å². The van der Waals surface area contributed by atoms with Crippen LogP contribution in [0.3, 0.4) is 0 Å². The number of carbonyl (C=O) groups excluding carboxylic acids is 4. The molecule has 0 amide bonds. The van der Waals surface area contributed by atoms with Crippen LogP contribution in [-0.2, 0) is 19.2 Å². The molecule has 0 saturated heterocycles. The summed E-state index contributed by atoms with van der Waals surface area (Å²) in [4.78, 5) is 47.0. The highest BCUT2D eigenvalue weighted by Gasteiger charge is 2.28. The van der Waals surface area contributed by atoms with Gasteiger partial charge >= 0.3 is 23.9 Å². The van der Waals surface area contributed by atoms with Crippen LogP contribution in [-0.4, -0.2) is 23.9 Å². The van der Waals surface area contributed by atoms with Crippen molar-refractivity contribution in [2.75, 3.05) is 0 Å². The van der Waals surface area contributed by atoms with Crippen LogP contribution in [0.15, 0.2) is 99.2 Å². The zero-order valence-corrected chi connectivity index (χ0v) is 22.8. The minimum Gasteiger partial charge on any atom is -0.423 e. The Morgan fingerprint density at radius 2 is 0.818 bits per heavy atom. The van der Waals surface area contributed by atoms with Crippen molar-refractivity contribution in [2.45, 2.75) is 0 Å². The van der Waals surface area contributed by atoms with Gasteiger partial charge in [0.2, 0.25) is 0 Å². The Balaban J connectivity index is 2.17. The molecule has 0 bridgehead atoms. The average molecular weight is 595 g/mol. The number of halogens is 2. The minimum absolute atomic E-state index is 0.172. The first kappa shape index (κ1) is 32.0. The van der Waals surface area contributed by atoms with E-state index in [0.29, 0.717) is 0 Å². The van der Waals surface area contributed by atoms with Gasteiger partial charge in [-0.3, -0.25) is 0 Å². The van der Waals surface area contributed by atoms with Crippen molar-refractivity contribution in [3.05, 3.63) is 133 Å². The summed E-state index contributed by atoms with van der Waals surface area (Å²) < 4.78 is 51.6. The van der Waals surface area contributed by atoms with Gasteiger partial charge in [0, 0.05) is 35.4 Å². The number of benzene rings is 3. The quantitative estimate of drug-likeness (QED) is 0.153. The largest absolute Gasteiger partial charge is 0.423 e. The van der Waals surface area contributed by atoms with Gasteiger partial charge in [-0.2, -0.15) is 0 Å². The first-order valence-corrected chi connectivity index (χ1v) is 12.3. The second kappa shape index (κ2) is 14.9. The fraction of sp³-hybridized carbons (Fsp3) is 0. The molecule has 0 N–H and O–H groups in total. The van der Waals surface area contributed by atoms with E-state index >= 15 is 8.78 Å². The summed E-state index contributed by atoms with van der Waals surface area (Å²) in [6.07, 6.45) is 3.40. The van der Waals surface area contributed by atoms with Crippen LogP contribution < -0.4 is 18.9 Å². The maximum atomic E-state index is 15.8. The standard InChI is InChI=1S/C34H20F2O8/c1-5-27(37)41-23-15-9-21(10-16-23)13-19-25-31(35)33(43-29(39)7-3)26(34(32(25)36)44-30(40)8-4)20-14-22-11-17-24(18-12-22)42-28(38)6-2/h5-12,15-18H,1-4H2. The SMILES string of the molecule is C=CC(=O)Oc1ccc(C#Cc2c(F)c(OC(=O)C=C)c(C#Cc3ccc(OC(=O)C=C)cc3)c(OC(=O)C=C)c2F)cc1. The van der Waals surface area contributed by atoms with E-state index < -0.39 is 58.1 Å². The Hall–Kier alpha value is -6.52. The fourth-order valence-corrected chi connectivity index (χ4v) is 3.14. The summed E-state index contributed by atoms with van der Waals surface area (Å²) in [6, 6.07) is 11.3. The third-order valence-electron chi connectivity index (χ3n) is 5.17. The van der Waals surface area contributed by atoms with Gasteiger partial charge in [-0.1, -0.05) is 50.0 Å². The average Bonchev–Trinajstić information content (AvgIpc) is 3.03. The minimum atomic E-state index is -1.42. The van der Waals surface area contributed by atoms with Gasteiger partial charge in [0.25, 0.3) is 0 Å². The van der Waals surface area contributed by atoms with Gasteiger partial charge in [-0.15, -0.1) is 0 Å². The molecular weight excluding hydrogens is 574 g/mol. The van der Waals surface area contributed by atoms with Crippen molar-refractivity contribution >= 4 is 23.9 Å². The topological polar surface area (TPSA) is 105 Å². The molecule has 44 heavy (non-hydrogen) atoms. The molecule has 0 aliphatic rings. The van der Waals surface area contributed by atoms with E-state index in [1.807, 2.05) is 0 Å². The molecule has 3 rings (SSSR count). The summed E-state index contributed by atoms with van der Waals surface area (Å²) in [6.45, 7) is 13.1. The lowest BCUT2D eigenvalue weighted by Gasteiger charge is -2.14. The summed E-state index contributed by atoms with van der Waals surface area (Å²) in [5.74, 6) is 2.02. The normalized spacial score (nSPS) is 9.50. The Kier molecular flexibility index (Phi) is 10.9. The van der Waals surface area contributed by atoms with E-state index in [2.05, 4.69) is 50.0 Å². The molecule has 0 atom stereocenters. The molecule has 0 fully saturated rings. The van der Waals surface area contributed by atoms with E-state index in [1.54, 1.807) is 0 Å². The Bertz CT molecular complexity index is 1760.